The van der Waals surface area contributed by atoms with Crippen molar-refractivity contribution in [2.24, 2.45) is 7.05 Å². The summed E-state index contributed by atoms with van der Waals surface area (Å²) in [5, 5.41) is 0. The number of benzene rings is 1. The molecule has 0 spiro atoms. The summed E-state index contributed by atoms with van der Waals surface area (Å²) in [7, 11) is 1.93. The van der Waals surface area contributed by atoms with E-state index in [1.54, 1.807) is 13.0 Å². The van der Waals surface area contributed by atoms with Gasteiger partial charge in [0.1, 0.15) is 11.6 Å². The van der Waals surface area contributed by atoms with Gasteiger partial charge in [-0.3, -0.25) is 4.79 Å². The molecule has 19 heavy (non-hydrogen) atoms. The third kappa shape index (κ3) is 1.95. The van der Waals surface area contributed by atoms with Gasteiger partial charge in [-0.25, -0.2) is 4.98 Å². The van der Waals surface area contributed by atoms with Gasteiger partial charge in [0.2, 0.25) is 0 Å². The van der Waals surface area contributed by atoms with Crippen LogP contribution in [0.2, 0.25) is 0 Å². The summed E-state index contributed by atoms with van der Waals surface area (Å²) in [5.41, 5.74) is 2.58. The van der Waals surface area contributed by atoms with Gasteiger partial charge in [0.05, 0.1) is 29.3 Å². The van der Waals surface area contributed by atoms with Crippen LogP contribution in [0.4, 0.5) is 0 Å². The van der Waals surface area contributed by atoms with E-state index in [-0.39, 0.29) is 12.2 Å². The molecule has 2 heterocycles. The van der Waals surface area contributed by atoms with E-state index in [4.69, 9.17) is 4.42 Å². The topological polar surface area (TPSA) is 48.0 Å². The van der Waals surface area contributed by atoms with Crippen LogP contribution < -0.4 is 0 Å². The summed E-state index contributed by atoms with van der Waals surface area (Å²) >= 11 is 0. The number of aromatic nitrogens is 2. The number of Topliss-reactive ketones (excluding diaryl/α,β-unsaturated/α-hetero) is 1. The smallest absolute Gasteiger partial charge is 0.173 e. The first-order chi connectivity index (χ1) is 9.16. The predicted molar refractivity (Wildman–Crippen MR) is 72.2 cm³/mol. The number of para-hydroxylation sites is 2. The third-order valence-corrected chi connectivity index (χ3v) is 3.36. The van der Waals surface area contributed by atoms with E-state index in [1.165, 1.54) is 6.26 Å². The minimum atomic E-state index is 0.0321. The normalized spacial score (nSPS) is 11.1. The van der Waals surface area contributed by atoms with E-state index in [0.717, 1.165) is 16.9 Å². The summed E-state index contributed by atoms with van der Waals surface area (Å²) in [6.07, 6.45) is 1.82. The maximum atomic E-state index is 12.2. The number of rotatable bonds is 3. The van der Waals surface area contributed by atoms with E-state index in [2.05, 4.69) is 4.98 Å². The molecule has 0 bridgehead atoms. The number of ketones is 1. The molecule has 0 amide bonds. The van der Waals surface area contributed by atoms with Crippen LogP contribution in [0.25, 0.3) is 11.0 Å². The van der Waals surface area contributed by atoms with Gasteiger partial charge >= 0.3 is 0 Å². The van der Waals surface area contributed by atoms with Crippen LogP contribution in [0.15, 0.2) is 41.0 Å². The molecule has 0 atom stereocenters. The molecule has 0 N–H and O–H groups in total. The van der Waals surface area contributed by atoms with Crippen LogP contribution in [0.5, 0.6) is 0 Å². The number of hydrogen-bond donors (Lipinski definition) is 0. The number of imidazole rings is 1. The number of aryl methyl sites for hydroxylation is 2. The molecule has 0 radical (unpaired) electrons. The van der Waals surface area contributed by atoms with Gasteiger partial charge in [-0.1, -0.05) is 12.1 Å². The Balaban J connectivity index is 1.96. The highest BCUT2D eigenvalue weighted by molar-refractivity contribution is 5.98. The molecule has 3 rings (SSSR count). The average molecular weight is 254 g/mol. The fourth-order valence-corrected chi connectivity index (χ4v) is 2.27. The Labute approximate surface area is 110 Å². The molecule has 0 unspecified atom stereocenters. The zero-order valence-corrected chi connectivity index (χ0v) is 10.9. The van der Waals surface area contributed by atoms with Gasteiger partial charge in [0.15, 0.2) is 5.78 Å². The largest absolute Gasteiger partial charge is 0.469 e. The van der Waals surface area contributed by atoms with Crippen LogP contribution >= 0.6 is 0 Å². The van der Waals surface area contributed by atoms with Gasteiger partial charge < -0.3 is 8.98 Å². The summed E-state index contributed by atoms with van der Waals surface area (Å²) in [5.74, 6) is 1.46. The van der Waals surface area contributed by atoms with Gasteiger partial charge in [0.25, 0.3) is 0 Å². The first-order valence-corrected chi connectivity index (χ1v) is 6.14. The molecule has 0 aliphatic heterocycles. The molecule has 3 aromatic rings. The van der Waals surface area contributed by atoms with Crippen LogP contribution in [-0.4, -0.2) is 15.3 Å². The Kier molecular flexibility index (Phi) is 2.71. The van der Waals surface area contributed by atoms with Crippen molar-refractivity contribution in [1.29, 1.82) is 0 Å². The SMILES string of the molecule is Cc1occc1C(=O)Cc1nc2ccccc2n1C. The molecular formula is C15H14N2O2. The fourth-order valence-electron chi connectivity index (χ4n) is 2.27. The second-order valence-electron chi connectivity index (χ2n) is 4.57. The van der Waals surface area contributed by atoms with Crippen LogP contribution in [0, 0.1) is 6.92 Å². The Morgan fingerprint density at radius 3 is 2.79 bits per heavy atom. The molecule has 1 aromatic carbocycles. The number of nitrogens with zero attached hydrogens (tertiary/aromatic N) is 2. The molecule has 0 saturated carbocycles. The van der Waals surface area contributed by atoms with Crippen molar-refractivity contribution in [1.82, 2.24) is 9.55 Å². The van der Waals surface area contributed by atoms with E-state index in [9.17, 15) is 4.79 Å². The Hall–Kier alpha value is -2.36. The van der Waals surface area contributed by atoms with E-state index in [0.29, 0.717) is 11.3 Å². The number of carbonyl (C=O) groups is 1. The van der Waals surface area contributed by atoms with Crippen LogP contribution in [-0.2, 0) is 13.5 Å². The van der Waals surface area contributed by atoms with Crippen molar-refractivity contribution < 1.29 is 9.21 Å². The molecule has 96 valence electrons. The lowest BCUT2D eigenvalue weighted by Gasteiger charge is -2.01. The Morgan fingerprint density at radius 2 is 2.11 bits per heavy atom. The maximum absolute atomic E-state index is 12.2. The first kappa shape index (κ1) is 11.7. The highest BCUT2D eigenvalue weighted by atomic mass is 16.3. The van der Waals surface area contributed by atoms with E-state index >= 15 is 0 Å². The van der Waals surface area contributed by atoms with Crippen molar-refractivity contribution in [3.8, 4) is 0 Å². The lowest BCUT2D eigenvalue weighted by Crippen LogP contribution is -2.08. The Morgan fingerprint density at radius 1 is 1.32 bits per heavy atom. The first-order valence-electron chi connectivity index (χ1n) is 6.14. The lowest BCUT2D eigenvalue weighted by atomic mass is 10.1. The van der Waals surface area contributed by atoms with Gasteiger partial charge in [0, 0.05) is 7.05 Å². The standard InChI is InChI=1S/C15H14N2O2/c1-10-11(7-8-19-10)14(18)9-15-16-12-5-3-4-6-13(12)17(15)2/h3-8H,9H2,1-2H3. The van der Waals surface area contributed by atoms with Crippen molar-refractivity contribution in [3.63, 3.8) is 0 Å². The van der Waals surface area contributed by atoms with E-state index in [1.807, 2.05) is 35.9 Å². The maximum Gasteiger partial charge on any atom is 0.173 e. The number of fused-ring (bicyclic) bond motifs is 1. The second-order valence-corrected chi connectivity index (χ2v) is 4.57. The van der Waals surface area contributed by atoms with Crippen molar-refractivity contribution in [2.45, 2.75) is 13.3 Å². The van der Waals surface area contributed by atoms with Gasteiger partial charge in [-0.05, 0) is 25.1 Å². The van der Waals surface area contributed by atoms with Gasteiger partial charge in [-0.2, -0.15) is 0 Å². The summed E-state index contributed by atoms with van der Waals surface area (Å²) in [6, 6.07) is 9.57. The molecule has 2 aromatic heterocycles. The van der Waals surface area contributed by atoms with Gasteiger partial charge in [-0.15, -0.1) is 0 Å². The van der Waals surface area contributed by atoms with Crippen molar-refractivity contribution in [2.75, 3.05) is 0 Å². The van der Waals surface area contributed by atoms with Crippen molar-refractivity contribution in [3.05, 3.63) is 53.7 Å². The summed E-state index contributed by atoms with van der Waals surface area (Å²) in [6.45, 7) is 1.79. The highest BCUT2D eigenvalue weighted by Crippen LogP contribution is 2.17. The fraction of sp³-hybridized carbons (Fsp3) is 0.200. The molecule has 0 fully saturated rings. The Bertz CT molecular complexity index is 752. The molecule has 0 saturated heterocycles. The summed E-state index contributed by atoms with van der Waals surface area (Å²) < 4.78 is 7.13. The zero-order valence-electron chi connectivity index (χ0n) is 10.9. The predicted octanol–water partition coefficient (Wildman–Crippen LogP) is 2.90. The molecule has 4 nitrogen and oxygen atoms in total. The summed E-state index contributed by atoms with van der Waals surface area (Å²) in [4.78, 5) is 16.7. The van der Waals surface area contributed by atoms with Crippen LogP contribution in [0.3, 0.4) is 0 Å². The monoisotopic (exact) mass is 254 g/mol. The lowest BCUT2D eigenvalue weighted by molar-refractivity contribution is 0.0988. The zero-order chi connectivity index (χ0) is 13.4. The molecule has 4 heteroatoms. The number of carbonyl (C=O) groups excluding carboxylic acids is 1. The number of hydrogen-bond acceptors (Lipinski definition) is 3. The third-order valence-electron chi connectivity index (χ3n) is 3.36. The number of furan rings is 1. The molecule has 0 aliphatic rings. The minimum absolute atomic E-state index is 0.0321. The highest BCUT2D eigenvalue weighted by Gasteiger charge is 2.16. The van der Waals surface area contributed by atoms with Crippen LogP contribution in [0.1, 0.15) is 21.9 Å². The quantitative estimate of drug-likeness (QED) is 0.675. The van der Waals surface area contributed by atoms with Crippen molar-refractivity contribution >= 4 is 16.8 Å². The molecular weight excluding hydrogens is 240 g/mol. The minimum Gasteiger partial charge on any atom is -0.469 e. The second kappa shape index (κ2) is 4.39. The van der Waals surface area contributed by atoms with E-state index < -0.39 is 0 Å². The average Bonchev–Trinajstić information content (AvgIpc) is 2.95. The molecule has 0 aliphatic carbocycles.